The van der Waals surface area contributed by atoms with Gasteiger partial charge in [-0.25, -0.2) is 0 Å². The molecule has 1 atom stereocenters. The summed E-state index contributed by atoms with van der Waals surface area (Å²) in [4.78, 5) is 43.3. The lowest BCUT2D eigenvalue weighted by molar-refractivity contribution is -0.137. The number of hydrogen-bond donors (Lipinski definition) is 2. The smallest absolute Gasteiger partial charge is 0.304 e. The number of carbonyl (C=O) groups excluding carboxylic acids is 2. The lowest BCUT2D eigenvalue weighted by atomic mass is 9.86. The van der Waals surface area contributed by atoms with E-state index in [2.05, 4.69) is 10.3 Å². The van der Waals surface area contributed by atoms with Crippen LogP contribution in [0.5, 0.6) is 0 Å². The summed E-state index contributed by atoms with van der Waals surface area (Å²) in [5, 5.41) is 12.3. The number of anilines is 1. The number of benzene rings is 2. The molecule has 1 aliphatic rings. The zero-order chi connectivity index (χ0) is 21.8. The number of carboxylic acid groups (broad SMARTS) is 1. The van der Waals surface area contributed by atoms with Crippen LogP contribution in [0.25, 0.3) is 0 Å². The van der Waals surface area contributed by atoms with Crippen molar-refractivity contribution in [1.82, 2.24) is 10.3 Å². The van der Waals surface area contributed by atoms with Crippen molar-refractivity contribution < 1.29 is 19.5 Å². The van der Waals surface area contributed by atoms with Gasteiger partial charge in [0.2, 0.25) is 5.91 Å². The van der Waals surface area contributed by atoms with Crippen molar-refractivity contribution >= 4 is 23.5 Å². The third kappa shape index (κ3) is 4.30. The van der Waals surface area contributed by atoms with Crippen LogP contribution in [0.4, 0.5) is 5.69 Å². The lowest BCUT2D eigenvalue weighted by Gasteiger charge is -2.23. The Labute approximate surface area is 179 Å². The molecule has 0 saturated heterocycles. The zero-order valence-corrected chi connectivity index (χ0v) is 16.7. The second-order valence-corrected chi connectivity index (χ2v) is 7.29. The number of aliphatic carboxylic acids is 1. The van der Waals surface area contributed by atoms with E-state index in [1.165, 1.54) is 4.90 Å². The summed E-state index contributed by atoms with van der Waals surface area (Å²) in [6.45, 7) is 0.0678. The van der Waals surface area contributed by atoms with E-state index in [1.807, 2.05) is 18.2 Å². The first-order chi connectivity index (χ1) is 15.0. The Morgan fingerprint density at radius 3 is 2.42 bits per heavy atom. The number of nitrogens with one attached hydrogen (secondary N) is 1. The van der Waals surface area contributed by atoms with E-state index in [1.54, 1.807) is 54.7 Å². The Morgan fingerprint density at radius 1 is 0.968 bits per heavy atom. The van der Waals surface area contributed by atoms with Gasteiger partial charge in [-0.1, -0.05) is 42.5 Å². The van der Waals surface area contributed by atoms with Crippen LogP contribution in [0.15, 0.2) is 72.9 Å². The molecule has 3 aromatic rings. The quantitative estimate of drug-likeness (QED) is 0.645. The molecule has 2 aromatic carbocycles. The summed E-state index contributed by atoms with van der Waals surface area (Å²) >= 11 is 0. The molecule has 31 heavy (non-hydrogen) atoms. The van der Waals surface area contributed by atoms with Gasteiger partial charge in [0.15, 0.2) is 0 Å². The SMILES string of the molecule is O=C(O)CC1c2ccccc2C(=O)N(CC(=O)NCc2ccccn2)c2ccccc21. The molecular formula is C24H21N3O4. The van der Waals surface area contributed by atoms with Crippen LogP contribution >= 0.6 is 0 Å². The largest absolute Gasteiger partial charge is 0.481 e. The number of para-hydroxylation sites is 1. The third-order valence-electron chi connectivity index (χ3n) is 5.29. The van der Waals surface area contributed by atoms with E-state index in [0.717, 1.165) is 0 Å². The molecule has 7 nitrogen and oxygen atoms in total. The molecule has 156 valence electrons. The van der Waals surface area contributed by atoms with Crippen molar-refractivity contribution in [2.24, 2.45) is 0 Å². The molecule has 0 saturated carbocycles. The Morgan fingerprint density at radius 2 is 1.68 bits per heavy atom. The Hall–Kier alpha value is -4.00. The molecule has 0 spiro atoms. The van der Waals surface area contributed by atoms with E-state index in [-0.39, 0.29) is 31.3 Å². The van der Waals surface area contributed by atoms with Crippen LogP contribution in [-0.4, -0.2) is 34.4 Å². The molecule has 0 radical (unpaired) electrons. The summed E-state index contributed by atoms with van der Waals surface area (Å²) in [6, 6.07) is 19.6. The van der Waals surface area contributed by atoms with E-state index in [9.17, 15) is 19.5 Å². The van der Waals surface area contributed by atoms with Crippen LogP contribution in [0, 0.1) is 0 Å². The Bertz CT molecular complexity index is 1130. The normalized spacial score (nSPS) is 14.9. The number of rotatable bonds is 6. The summed E-state index contributed by atoms with van der Waals surface area (Å²) in [6.07, 6.45) is 1.50. The first kappa shape index (κ1) is 20.3. The van der Waals surface area contributed by atoms with Crippen LogP contribution < -0.4 is 10.2 Å². The molecule has 0 bridgehead atoms. The average Bonchev–Trinajstić information content (AvgIpc) is 2.88. The van der Waals surface area contributed by atoms with Gasteiger partial charge in [0.1, 0.15) is 6.54 Å². The van der Waals surface area contributed by atoms with E-state index < -0.39 is 11.9 Å². The van der Waals surface area contributed by atoms with Gasteiger partial charge in [-0.3, -0.25) is 24.3 Å². The third-order valence-corrected chi connectivity index (χ3v) is 5.29. The molecule has 1 aromatic heterocycles. The average molecular weight is 415 g/mol. The summed E-state index contributed by atoms with van der Waals surface area (Å²) in [7, 11) is 0. The van der Waals surface area contributed by atoms with Crippen molar-refractivity contribution in [2.75, 3.05) is 11.4 Å². The Kier molecular flexibility index (Phi) is 5.75. The van der Waals surface area contributed by atoms with Gasteiger partial charge >= 0.3 is 5.97 Å². The number of nitrogens with zero attached hydrogens (tertiary/aromatic N) is 2. The highest BCUT2D eigenvalue weighted by atomic mass is 16.4. The molecule has 7 heteroatoms. The highest BCUT2D eigenvalue weighted by molar-refractivity contribution is 6.11. The topological polar surface area (TPSA) is 99.6 Å². The molecular weight excluding hydrogens is 394 g/mol. The fraction of sp³-hybridized carbons (Fsp3) is 0.167. The lowest BCUT2D eigenvalue weighted by Crippen LogP contribution is -2.40. The molecule has 4 rings (SSSR count). The van der Waals surface area contributed by atoms with Gasteiger partial charge in [-0.15, -0.1) is 0 Å². The van der Waals surface area contributed by atoms with Crippen LogP contribution in [-0.2, 0) is 16.1 Å². The van der Waals surface area contributed by atoms with E-state index in [4.69, 9.17) is 0 Å². The first-order valence-corrected chi connectivity index (χ1v) is 9.92. The minimum Gasteiger partial charge on any atom is -0.481 e. The number of amides is 2. The monoisotopic (exact) mass is 415 g/mol. The van der Waals surface area contributed by atoms with Gasteiger partial charge in [-0.2, -0.15) is 0 Å². The minimum atomic E-state index is -0.955. The van der Waals surface area contributed by atoms with Gasteiger partial charge in [-0.05, 0) is 35.4 Å². The highest BCUT2D eigenvalue weighted by Gasteiger charge is 2.34. The maximum absolute atomic E-state index is 13.4. The molecule has 2 N–H and O–H groups in total. The second-order valence-electron chi connectivity index (χ2n) is 7.29. The van der Waals surface area contributed by atoms with Gasteiger partial charge in [0.05, 0.1) is 18.7 Å². The molecule has 1 aliphatic heterocycles. The highest BCUT2D eigenvalue weighted by Crippen LogP contribution is 2.40. The number of fused-ring (bicyclic) bond motifs is 2. The molecule has 0 aliphatic carbocycles. The Balaban J connectivity index is 1.68. The predicted octanol–water partition coefficient (Wildman–Crippen LogP) is 2.96. The molecule has 2 heterocycles. The maximum Gasteiger partial charge on any atom is 0.304 e. The summed E-state index contributed by atoms with van der Waals surface area (Å²) in [5.41, 5.74) is 3.02. The molecule has 0 fully saturated rings. The molecule has 1 unspecified atom stereocenters. The van der Waals surface area contributed by atoms with Gasteiger partial charge in [0.25, 0.3) is 5.91 Å². The second kappa shape index (κ2) is 8.79. The van der Waals surface area contributed by atoms with Crippen LogP contribution in [0.1, 0.15) is 39.5 Å². The number of carbonyl (C=O) groups is 3. The summed E-state index contributed by atoms with van der Waals surface area (Å²) in [5.74, 6) is -2.11. The zero-order valence-electron chi connectivity index (χ0n) is 16.7. The molecule has 2 amide bonds. The van der Waals surface area contributed by atoms with Crippen molar-refractivity contribution in [1.29, 1.82) is 0 Å². The number of carboxylic acids is 1. The van der Waals surface area contributed by atoms with Gasteiger partial charge < -0.3 is 10.4 Å². The van der Waals surface area contributed by atoms with Gasteiger partial charge in [0, 0.05) is 23.4 Å². The summed E-state index contributed by atoms with van der Waals surface area (Å²) < 4.78 is 0. The van der Waals surface area contributed by atoms with Crippen LogP contribution in [0.3, 0.4) is 0 Å². The van der Waals surface area contributed by atoms with Crippen molar-refractivity contribution in [3.63, 3.8) is 0 Å². The van der Waals surface area contributed by atoms with Crippen LogP contribution in [0.2, 0.25) is 0 Å². The van der Waals surface area contributed by atoms with Crippen molar-refractivity contribution in [2.45, 2.75) is 18.9 Å². The predicted molar refractivity (Wildman–Crippen MR) is 115 cm³/mol. The van der Waals surface area contributed by atoms with E-state index >= 15 is 0 Å². The van der Waals surface area contributed by atoms with Crippen molar-refractivity contribution in [3.05, 3.63) is 95.3 Å². The standard InChI is InChI=1S/C24H21N3O4/c28-22(26-14-16-7-5-6-12-25-16)15-27-21-11-4-3-9-18(21)20(13-23(29)30)17-8-1-2-10-19(17)24(27)31/h1-12,20H,13-15H2,(H,26,28)(H,29,30). The fourth-order valence-electron chi connectivity index (χ4n) is 3.89. The number of pyridine rings is 1. The number of aromatic nitrogens is 1. The first-order valence-electron chi connectivity index (χ1n) is 9.92. The van der Waals surface area contributed by atoms with Crippen molar-refractivity contribution in [3.8, 4) is 0 Å². The van der Waals surface area contributed by atoms with E-state index in [0.29, 0.717) is 28.1 Å². The fourth-order valence-corrected chi connectivity index (χ4v) is 3.89. The number of hydrogen-bond acceptors (Lipinski definition) is 4. The minimum absolute atomic E-state index is 0.152. The maximum atomic E-state index is 13.4.